The van der Waals surface area contributed by atoms with Gasteiger partial charge in [0.2, 0.25) is 0 Å². The highest BCUT2D eigenvalue weighted by molar-refractivity contribution is 5.73. The molecular weight excluding hydrogens is 718 g/mol. The van der Waals surface area contributed by atoms with Gasteiger partial charge in [-0.25, -0.2) is 0 Å². The topological polar surface area (TPSA) is 187 Å². The lowest BCUT2D eigenvalue weighted by Crippen LogP contribution is -2.60. The first-order chi connectivity index (χ1) is 25.5. The SMILES string of the molecule is CC[C@@H](OC(C)=O)[C@@](C)(O)[C@@H]1OC(=O)[C@H](C)[C@@H](OC2C[C@@](C)(OC)[C@@H](OC(C)=O)[C@H](C)O2)[C@H](C)[C@@H](OC2O[C@H](C)C[C@H](NC)[C@H]2O)[C@@]2(C)CC(C)=C(O2)[C@H]1C. The fourth-order valence-electron chi connectivity index (χ4n) is 9.31. The van der Waals surface area contributed by atoms with Crippen molar-refractivity contribution in [2.75, 3.05) is 14.2 Å². The minimum Gasteiger partial charge on any atom is -0.488 e. The molecule has 17 atom stereocenters. The molecule has 15 heteroatoms. The molecule has 4 aliphatic rings. The summed E-state index contributed by atoms with van der Waals surface area (Å²) < 4.78 is 56.6. The van der Waals surface area contributed by atoms with Crippen molar-refractivity contribution < 1.29 is 67.2 Å². The first kappa shape index (κ1) is 45.3. The van der Waals surface area contributed by atoms with Gasteiger partial charge in [-0.05, 0) is 73.9 Å². The van der Waals surface area contributed by atoms with Crippen molar-refractivity contribution in [3.05, 3.63) is 11.3 Å². The molecule has 2 bridgehead atoms. The van der Waals surface area contributed by atoms with Crippen LogP contribution < -0.4 is 5.32 Å². The van der Waals surface area contributed by atoms with E-state index < -0.39 is 108 Å². The fourth-order valence-corrected chi connectivity index (χ4v) is 9.31. The number of likely N-dealkylation sites (N-methyl/N-ethyl adjacent to an activating group) is 1. The van der Waals surface area contributed by atoms with Gasteiger partial charge in [-0.2, -0.15) is 0 Å². The summed E-state index contributed by atoms with van der Waals surface area (Å²) in [6.45, 7) is 20.6. The molecule has 316 valence electrons. The lowest BCUT2D eigenvalue weighted by molar-refractivity contribution is -0.315. The zero-order valence-electron chi connectivity index (χ0n) is 35.2. The first-order valence-electron chi connectivity index (χ1n) is 19.7. The maximum atomic E-state index is 14.5. The van der Waals surface area contributed by atoms with E-state index in [1.54, 1.807) is 27.8 Å². The van der Waals surface area contributed by atoms with Gasteiger partial charge in [-0.15, -0.1) is 0 Å². The summed E-state index contributed by atoms with van der Waals surface area (Å²) in [4.78, 5) is 38.7. The number of carbonyl (C=O) groups excluding carboxylic acids is 3. The van der Waals surface area contributed by atoms with E-state index in [9.17, 15) is 24.6 Å². The largest absolute Gasteiger partial charge is 0.488 e. The number of ether oxygens (including phenoxy) is 9. The zero-order chi connectivity index (χ0) is 41.4. The molecule has 0 spiro atoms. The van der Waals surface area contributed by atoms with Gasteiger partial charge in [0.15, 0.2) is 18.7 Å². The van der Waals surface area contributed by atoms with Crippen LogP contribution in [0.4, 0.5) is 0 Å². The molecule has 0 aromatic heterocycles. The lowest BCUT2D eigenvalue weighted by atomic mass is 9.78. The van der Waals surface area contributed by atoms with Crippen LogP contribution in [-0.2, 0) is 57.0 Å². The average molecular weight is 786 g/mol. The van der Waals surface area contributed by atoms with Gasteiger partial charge in [0, 0.05) is 45.8 Å². The number of aliphatic hydroxyl groups excluding tert-OH is 1. The van der Waals surface area contributed by atoms with E-state index in [4.69, 9.17) is 42.6 Å². The van der Waals surface area contributed by atoms with Crippen molar-refractivity contribution in [1.82, 2.24) is 5.32 Å². The molecule has 4 heterocycles. The highest BCUT2D eigenvalue weighted by atomic mass is 16.7. The molecule has 4 rings (SSSR count). The Morgan fingerprint density at radius 1 is 1.04 bits per heavy atom. The van der Waals surface area contributed by atoms with Crippen LogP contribution in [0.25, 0.3) is 0 Å². The third-order valence-corrected chi connectivity index (χ3v) is 12.2. The number of nitrogens with one attached hydrogen (secondary N) is 1. The van der Waals surface area contributed by atoms with E-state index in [2.05, 4.69) is 5.32 Å². The molecule has 0 amide bonds. The molecule has 55 heavy (non-hydrogen) atoms. The third-order valence-electron chi connectivity index (χ3n) is 12.2. The summed E-state index contributed by atoms with van der Waals surface area (Å²) >= 11 is 0. The van der Waals surface area contributed by atoms with Crippen LogP contribution in [0.3, 0.4) is 0 Å². The van der Waals surface area contributed by atoms with Crippen molar-refractivity contribution >= 4 is 17.9 Å². The van der Waals surface area contributed by atoms with Gasteiger partial charge in [0.1, 0.15) is 47.0 Å². The maximum Gasteiger partial charge on any atom is 0.311 e. The normalized spacial score (nSPS) is 43.0. The third kappa shape index (κ3) is 9.51. The molecule has 0 aliphatic carbocycles. The van der Waals surface area contributed by atoms with Crippen LogP contribution in [0.2, 0.25) is 0 Å². The van der Waals surface area contributed by atoms with Crippen molar-refractivity contribution in [1.29, 1.82) is 0 Å². The van der Waals surface area contributed by atoms with E-state index in [1.165, 1.54) is 27.9 Å². The molecule has 3 saturated heterocycles. The Morgan fingerprint density at radius 2 is 1.69 bits per heavy atom. The van der Waals surface area contributed by atoms with Gasteiger partial charge in [-0.3, -0.25) is 14.4 Å². The van der Waals surface area contributed by atoms with Crippen LogP contribution >= 0.6 is 0 Å². The Labute approximate surface area is 326 Å². The van der Waals surface area contributed by atoms with Gasteiger partial charge in [-0.1, -0.05) is 20.8 Å². The molecule has 3 fully saturated rings. The van der Waals surface area contributed by atoms with E-state index in [0.29, 0.717) is 18.6 Å². The number of hydrogen-bond acceptors (Lipinski definition) is 15. The van der Waals surface area contributed by atoms with Crippen LogP contribution in [0.5, 0.6) is 0 Å². The number of methoxy groups -OCH3 is 1. The molecule has 0 aromatic rings. The number of rotatable bonds is 11. The molecular formula is C40H67NO14. The first-order valence-corrected chi connectivity index (χ1v) is 19.7. The number of carbonyl (C=O) groups is 3. The van der Waals surface area contributed by atoms with Crippen LogP contribution in [0.1, 0.15) is 109 Å². The van der Waals surface area contributed by atoms with Gasteiger partial charge in [0.25, 0.3) is 0 Å². The Balaban J connectivity index is 1.84. The van der Waals surface area contributed by atoms with Crippen molar-refractivity contribution in [3.8, 4) is 0 Å². The van der Waals surface area contributed by atoms with Gasteiger partial charge in [0.05, 0.1) is 30.1 Å². The van der Waals surface area contributed by atoms with Gasteiger partial charge < -0.3 is 58.2 Å². The molecule has 3 N–H and O–H groups in total. The molecule has 4 aliphatic heterocycles. The predicted molar refractivity (Wildman–Crippen MR) is 198 cm³/mol. The second-order valence-electron chi connectivity index (χ2n) is 16.9. The number of hydrogen-bond donors (Lipinski definition) is 3. The minimum atomic E-state index is -1.84. The summed E-state index contributed by atoms with van der Waals surface area (Å²) in [7, 11) is 3.30. The quantitative estimate of drug-likeness (QED) is 0.203. The molecule has 0 saturated carbocycles. The second-order valence-corrected chi connectivity index (χ2v) is 16.9. The molecule has 0 radical (unpaired) electrons. The Bertz CT molecular complexity index is 1410. The summed E-state index contributed by atoms with van der Waals surface area (Å²) in [5, 5.41) is 26.8. The summed E-state index contributed by atoms with van der Waals surface area (Å²) in [6, 6.07) is -0.304. The summed E-state index contributed by atoms with van der Waals surface area (Å²) in [5.41, 5.74) is -3.09. The lowest BCUT2D eigenvalue weighted by Gasteiger charge is -2.48. The van der Waals surface area contributed by atoms with E-state index in [1.807, 2.05) is 41.5 Å². The van der Waals surface area contributed by atoms with Crippen LogP contribution in [0, 0.1) is 17.8 Å². The molecule has 15 nitrogen and oxygen atoms in total. The number of esters is 3. The number of aliphatic hydroxyl groups is 2. The minimum absolute atomic E-state index is 0.141. The molecule has 0 aromatic carbocycles. The fraction of sp³-hybridized carbons (Fsp3) is 0.875. The highest BCUT2D eigenvalue weighted by Gasteiger charge is 2.57. The predicted octanol–water partition coefficient (Wildman–Crippen LogP) is 3.69. The molecule has 2 unspecified atom stereocenters. The number of cyclic esters (lactones) is 1. The summed E-state index contributed by atoms with van der Waals surface area (Å²) in [5.74, 6) is -3.56. The van der Waals surface area contributed by atoms with Crippen LogP contribution in [0.15, 0.2) is 11.3 Å². The standard InChI is InChI=1S/C40H67NO14/c1-15-28(50-25(8)42)40(12,46)34-21(4)31-19(2)17-39(11,55-31)33(54-37-30(44)27(41-13)16-20(3)48-37)22(5)32(23(6)36(45)53-34)52-29-18-38(10,47-14)35(24(7)49-29)51-26(9)43/h20-24,27-30,32-35,37,41,44,46H,15-18H2,1-14H3/t20-,21-,22+,23-,24+,27+,28-,29?,30-,32+,33-,34-,35+,37?,38-,39-,40-/m1/s1. The van der Waals surface area contributed by atoms with E-state index in [0.717, 1.165) is 5.57 Å². The van der Waals surface area contributed by atoms with E-state index >= 15 is 0 Å². The van der Waals surface area contributed by atoms with Gasteiger partial charge >= 0.3 is 17.9 Å². The Hall–Kier alpha value is -2.37. The monoisotopic (exact) mass is 785 g/mol. The Morgan fingerprint density at radius 3 is 2.25 bits per heavy atom. The smallest absolute Gasteiger partial charge is 0.311 e. The second kappa shape index (κ2) is 17.6. The number of fused-ring (bicyclic) bond motifs is 2. The van der Waals surface area contributed by atoms with Crippen molar-refractivity contribution in [2.45, 2.75) is 193 Å². The summed E-state index contributed by atoms with van der Waals surface area (Å²) in [6.07, 6.45) is -7.36. The van der Waals surface area contributed by atoms with E-state index in [-0.39, 0.29) is 25.0 Å². The van der Waals surface area contributed by atoms with Crippen molar-refractivity contribution in [2.24, 2.45) is 17.8 Å². The average Bonchev–Trinajstić information content (AvgIpc) is 3.42. The highest BCUT2D eigenvalue weighted by Crippen LogP contribution is 2.48. The zero-order valence-corrected chi connectivity index (χ0v) is 35.2. The Kier molecular flexibility index (Phi) is 14.5. The maximum absolute atomic E-state index is 14.5. The van der Waals surface area contributed by atoms with Crippen LogP contribution in [-0.4, -0.2) is 127 Å². The van der Waals surface area contributed by atoms with Crippen molar-refractivity contribution in [3.63, 3.8) is 0 Å².